The van der Waals surface area contributed by atoms with Crippen molar-refractivity contribution in [2.75, 3.05) is 0 Å². The van der Waals surface area contributed by atoms with Gasteiger partial charge in [0.1, 0.15) is 22.4 Å². The normalized spacial score (nSPS) is 11.3. The highest BCUT2D eigenvalue weighted by molar-refractivity contribution is 6.31. The fourth-order valence-electron chi connectivity index (χ4n) is 2.76. The van der Waals surface area contributed by atoms with Crippen molar-refractivity contribution < 1.29 is 4.39 Å². The van der Waals surface area contributed by atoms with Crippen molar-refractivity contribution in [2.24, 2.45) is 0 Å². The third kappa shape index (κ3) is 2.28. The summed E-state index contributed by atoms with van der Waals surface area (Å²) >= 11 is 5.90. The molecule has 0 radical (unpaired) electrons. The number of halogens is 2. The van der Waals surface area contributed by atoms with E-state index in [1.807, 2.05) is 0 Å². The van der Waals surface area contributed by atoms with E-state index in [0.717, 1.165) is 10.7 Å². The largest absolute Gasteiger partial charge is 0.350 e. The molecule has 0 atom stereocenters. The summed E-state index contributed by atoms with van der Waals surface area (Å²) in [6.45, 7) is 0. The van der Waals surface area contributed by atoms with E-state index in [4.69, 9.17) is 11.6 Å². The maximum Gasteiger partial charge on any atom is 0.287 e. The fraction of sp³-hybridized carbons (Fsp3) is 0. The zero-order valence-corrected chi connectivity index (χ0v) is 13.2. The lowest BCUT2D eigenvalue weighted by atomic mass is 10.1. The minimum Gasteiger partial charge on any atom is -0.350 e. The second kappa shape index (κ2) is 5.42. The van der Waals surface area contributed by atoms with Crippen LogP contribution in [0.5, 0.6) is 0 Å². The Morgan fingerprint density at radius 3 is 2.56 bits per heavy atom. The molecule has 0 saturated carbocycles. The predicted molar refractivity (Wildman–Crippen MR) is 93.3 cm³/mol. The molecule has 4 rings (SSSR count). The number of aromatic nitrogens is 3. The van der Waals surface area contributed by atoms with Crippen LogP contribution in [0.4, 0.5) is 4.39 Å². The molecule has 25 heavy (non-hydrogen) atoms. The molecule has 124 valence electrons. The van der Waals surface area contributed by atoms with Crippen LogP contribution in [0, 0.1) is 5.82 Å². The summed E-state index contributed by atoms with van der Waals surface area (Å²) in [5, 5.41) is 2.52. The van der Waals surface area contributed by atoms with Crippen molar-refractivity contribution in [2.45, 2.75) is 0 Å². The fourth-order valence-corrected chi connectivity index (χ4v) is 2.93. The summed E-state index contributed by atoms with van der Waals surface area (Å²) in [6.07, 6.45) is 0. The average molecular weight is 358 g/mol. The van der Waals surface area contributed by atoms with Crippen molar-refractivity contribution in [3.05, 3.63) is 84.2 Å². The van der Waals surface area contributed by atoms with Crippen LogP contribution < -0.4 is 16.5 Å². The number of hydrogen-bond donors (Lipinski definition) is 2. The predicted octanol–water partition coefficient (Wildman–Crippen LogP) is 2.31. The van der Waals surface area contributed by atoms with Gasteiger partial charge in [0, 0.05) is 10.4 Å². The maximum atomic E-state index is 14.0. The molecule has 8 heteroatoms. The minimum atomic E-state index is -0.821. The molecule has 0 amide bonds. The quantitative estimate of drug-likeness (QED) is 0.512. The number of hydrogen-bond acceptors (Lipinski definition) is 3. The van der Waals surface area contributed by atoms with Gasteiger partial charge in [-0.3, -0.25) is 19.5 Å². The van der Waals surface area contributed by atoms with Gasteiger partial charge in [-0.2, -0.15) is 0 Å². The van der Waals surface area contributed by atoms with Crippen LogP contribution in [-0.4, -0.2) is 14.8 Å². The number of pyridine rings is 1. The number of aromatic amines is 2. The Morgan fingerprint density at radius 2 is 1.80 bits per heavy atom. The summed E-state index contributed by atoms with van der Waals surface area (Å²) in [7, 11) is 0. The number of nitrogens with zero attached hydrogens (tertiary/aromatic N) is 1. The molecule has 0 saturated heterocycles. The van der Waals surface area contributed by atoms with E-state index in [1.54, 1.807) is 0 Å². The molecule has 0 spiro atoms. The molecule has 6 nitrogen and oxygen atoms in total. The molecule has 2 heterocycles. The first kappa shape index (κ1) is 15.3. The Kier molecular flexibility index (Phi) is 3.33. The van der Waals surface area contributed by atoms with Gasteiger partial charge >= 0.3 is 0 Å². The summed E-state index contributed by atoms with van der Waals surface area (Å²) in [5.41, 5.74) is -2.17. The number of rotatable bonds is 1. The van der Waals surface area contributed by atoms with Crippen molar-refractivity contribution in [3.8, 4) is 5.69 Å². The number of H-pyrrole nitrogens is 2. The Balaban J connectivity index is 2.22. The summed E-state index contributed by atoms with van der Waals surface area (Å²) in [6, 6.07) is 9.90. The van der Waals surface area contributed by atoms with Gasteiger partial charge in [-0.25, -0.2) is 9.07 Å². The Hall–Kier alpha value is -3.19. The molecule has 2 aromatic heterocycles. The maximum absolute atomic E-state index is 14.0. The lowest BCUT2D eigenvalue weighted by molar-refractivity contribution is 0.605. The van der Waals surface area contributed by atoms with Gasteiger partial charge in [0.15, 0.2) is 0 Å². The van der Waals surface area contributed by atoms with Crippen molar-refractivity contribution >= 4 is 33.4 Å². The van der Waals surface area contributed by atoms with Gasteiger partial charge in [-0.15, -0.1) is 0 Å². The van der Waals surface area contributed by atoms with E-state index in [1.165, 1.54) is 36.4 Å². The Labute approximate surface area is 143 Å². The molecule has 0 fully saturated rings. The molecule has 2 N–H and O–H groups in total. The molecule has 0 bridgehead atoms. The highest BCUT2D eigenvalue weighted by atomic mass is 35.5. The molecule has 0 aliphatic rings. The lowest BCUT2D eigenvalue weighted by Gasteiger charge is -2.08. The van der Waals surface area contributed by atoms with E-state index in [2.05, 4.69) is 10.1 Å². The third-order valence-electron chi connectivity index (χ3n) is 3.91. The first-order valence-corrected chi connectivity index (χ1v) is 7.60. The molecule has 0 aliphatic carbocycles. The van der Waals surface area contributed by atoms with Crippen LogP contribution in [0.1, 0.15) is 0 Å². The summed E-state index contributed by atoms with van der Waals surface area (Å²) < 4.78 is 14.7. The SMILES string of the molecule is O=c1[nH]n(-c2ccccc2F)c(=O)c2c(=O)c3ccc(Cl)cc3[nH]c12. The first-order chi connectivity index (χ1) is 12.0. The highest BCUT2D eigenvalue weighted by Gasteiger charge is 2.16. The minimum absolute atomic E-state index is 0.151. The highest BCUT2D eigenvalue weighted by Crippen LogP contribution is 2.16. The zero-order chi connectivity index (χ0) is 17.7. The Morgan fingerprint density at radius 1 is 1.04 bits per heavy atom. The van der Waals surface area contributed by atoms with E-state index in [0.29, 0.717) is 10.5 Å². The molecule has 0 unspecified atom stereocenters. The van der Waals surface area contributed by atoms with Crippen LogP contribution in [0.25, 0.3) is 27.5 Å². The van der Waals surface area contributed by atoms with Gasteiger partial charge in [0.05, 0.1) is 5.52 Å². The molecule has 4 aromatic rings. The molecule has 2 aromatic carbocycles. The van der Waals surface area contributed by atoms with Crippen LogP contribution in [0.2, 0.25) is 5.02 Å². The monoisotopic (exact) mass is 357 g/mol. The van der Waals surface area contributed by atoms with E-state index < -0.39 is 22.4 Å². The van der Waals surface area contributed by atoms with Crippen molar-refractivity contribution in [1.82, 2.24) is 14.8 Å². The summed E-state index contributed by atoms with van der Waals surface area (Å²) in [4.78, 5) is 40.6. The van der Waals surface area contributed by atoms with Crippen LogP contribution in [-0.2, 0) is 0 Å². The third-order valence-corrected chi connectivity index (χ3v) is 4.15. The Bertz CT molecular complexity index is 1340. The molecular weight excluding hydrogens is 349 g/mol. The van der Waals surface area contributed by atoms with Gasteiger partial charge < -0.3 is 4.98 Å². The molecule has 0 aliphatic heterocycles. The zero-order valence-electron chi connectivity index (χ0n) is 12.5. The molecular formula is C17H9ClFN3O3. The first-order valence-electron chi connectivity index (χ1n) is 7.23. The van der Waals surface area contributed by atoms with Crippen LogP contribution >= 0.6 is 11.6 Å². The standard InChI is InChI=1S/C17H9ClFN3O3/c18-8-5-6-9-11(7-8)20-14-13(15(9)23)17(25)22(21-16(14)24)12-4-2-1-3-10(12)19/h1-7H,(H,20,23)(H,21,24). The van der Waals surface area contributed by atoms with Crippen molar-refractivity contribution in [1.29, 1.82) is 0 Å². The number of para-hydroxylation sites is 1. The topological polar surface area (TPSA) is 87.7 Å². The van der Waals surface area contributed by atoms with Crippen LogP contribution in [0.3, 0.4) is 0 Å². The van der Waals surface area contributed by atoms with E-state index in [9.17, 15) is 18.8 Å². The van der Waals surface area contributed by atoms with Gasteiger partial charge in [-0.05, 0) is 30.3 Å². The second-order valence-corrected chi connectivity index (χ2v) is 5.86. The number of fused-ring (bicyclic) bond motifs is 2. The van der Waals surface area contributed by atoms with Gasteiger partial charge in [-0.1, -0.05) is 23.7 Å². The van der Waals surface area contributed by atoms with Gasteiger partial charge in [0.25, 0.3) is 11.1 Å². The van der Waals surface area contributed by atoms with E-state index in [-0.39, 0.29) is 22.0 Å². The van der Waals surface area contributed by atoms with Crippen LogP contribution in [0.15, 0.2) is 56.8 Å². The second-order valence-electron chi connectivity index (χ2n) is 5.43. The van der Waals surface area contributed by atoms with Gasteiger partial charge in [0.2, 0.25) is 5.43 Å². The van der Waals surface area contributed by atoms with E-state index >= 15 is 0 Å². The summed E-state index contributed by atoms with van der Waals surface area (Å²) in [5.74, 6) is -0.705. The van der Waals surface area contributed by atoms with Crippen molar-refractivity contribution in [3.63, 3.8) is 0 Å². The number of nitrogens with one attached hydrogen (secondary N) is 2. The lowest BCUT2D eigenvalue weighted by Crippen LogP contribution is -2.33. The smallest absolute Gasteiger partial charge is 0.287 e. The average Bonchev–Trinajstić information content (AvgIpc) is 2.58. The number of benzene rings is 2.